The van der Waals surface area contributed by atoms with Gasteiger partial charge >= 0.3 is 0 Å². The summed E-state index contributed by atoms with van der Waals surface area (Å²) in [5, 5.41) is 17.3. The molecule has 0 aliphatic heterocycles. The van der Waals surface area contributed by atoms with E-state index in [0.29, 0.717) is 5.69 Å². The van der Waals surface area contributed by atoms with Gasteiger partial charge in [-0.2, -0.15) is 15.1 Å². The maximum atomic E-state index is 9.54. The van der Waals surface area contributed by atoms with Gasteiger partial charge in [0.1, 0.15) is 0 Å². The number of azo groups is 1. The number of anilines is 2. The zero-order valence-corrected chi connectivity index (χ0v) is 9.70. The molecular weight excluding hydrogens is 232 g/mol. The van der Waals surface area contributed by atoms with E-state index in [-0.39, 0.29) is 17.5 Å². The maximum Gasteiger partial charge on any atom is 0.246 e. The van der Waals surface area contributed by atoms with Crippen LogP contribution in [0.5, 0.6) is 5.88 Å². The lowest BCUT2D eigenvalue weighted by Gasteiger charge is -2.01. The number of nitrogen functional groups attached to an aromatic ring is 2. The van der Waals surface area contributed by atoms with Crippen LogP contribution in [-0.4, -0.2) is 15.1 Å². The molecule has 2 aromatic rings. The van der Waals surface area contributed by atoms with Gasteiger partial charge in [0.2, 0.25) is 11.8 Å². The molecule has 0 bridgehead atoms. The predicted molar refractivity (Wildman–Crippen MR) is 67.9 cm³/mol. The van der Waals surface area contributed by atoms with Gasteiger partial charge in [-0.1, -0.05) is 12.1 Å². The number of hydrogen-bond donors (Lipinski definition) is 3. The van der Waals surface area contributed by atoms with Gasteiger partial charge in [0.05, 0.1) is 5.69 Å². The van der Waals surface area contributed by atoms with E-state index in [4.69, 9.17) is 11.5 Å². The molecule has 1 heterocycles. The van der Waals surface area contributed by atoms with Gasteiger partial charge in [0, 0.05) is 0 Å². The van der Waals surface area contributed by atoms with Crippen LogP contribution in [0, 0.1) is 6.92 Å². The number of hydrogen-bond acceptors (Lipinski definition) is 7. The Labute approximate surface area is 103 Å². The number of aromatic hydroxyl groups is 1. The van der Waals surface area contributed by atoms with Crippen molar-refractivity contribution < 1.29 is 5.11 Å². The molecule has 1 aromatic heterocycles. The predicted octanol–water partition coefficient (Wildman–Crippen LogP) is 2.07. The highest BCUT2D eigenvalue weighted by atomic mass is 16.3. The summed E-state index contributed by atoms with van der Waals surface area (Å²) < 4.78 is 0. The minimum absolute atomic E-state index is 0.00528. The summed E-state index contributed by atoms with van der Waals surface area (Å²) in [6.07, 6.45) is 0. The van der Waals surface area contributed by atoms with Crippen LogP contribution in [0.4, 0.5) is 23.1 Å². The van der Waals surface area contributed by atoms with Crippen LogP contribution >= 0.6 is 0 Å². The molecule has 0 aliphatic rings. The first-order valence-corrected chi connectivity index (χ1v) is 5.16. The van der Waals surface area contributed by atoms with E-state index >= 15 is 0 Å². The number of benzene rings is 1. The average Bonchev–Trinajstić information content (AvgIpc) is 2.27. The fourth-order valence-electron chi connectivity index (χ4n) is 1.37. The van der Waals surface area contributed by atoms with Crippen molar-refractivity contribution in [3.63, 3.8) is 0 Å². The van der Waals surface area contributed by atoms with Gasteiger partial charge in [-0.25, -0.2) is 0 Å². The van der Waals surface area contributed by atoms with Crippen LogP contribution in [0.2, 0.25) is 0 Å². The van der Waals surface area contributed by atoms with E-state index in [0.717, 1.165) is 5.56 Å². The largest absolute Gasteiger partial charge is 0.492 e. The summed E-state index contributed by atoms with van der Waals surface area (Å²) in [5.41, 5.74) is 12.6. The lowest BCUT2D eigenvalue weighted by molar-refractivity contribution is 0.455. The molecular formula is C11H12N6O. The SMILES string of the molecule is Cc1cccc(N=Nc2c(N)nc(N)nc2O)c1. The Bertz CT molecular complexity index is 587. The molecule has 0 fully saturated rings. The average molecular weight is 244 g/mol. The molecule has 0 spiro atoms. The van der Waals surface area contributed by atoms with Crippen molar-refractivity contribution in [1.82, 2.24) is 9.97 Å². The summed E-state index contributed by atoms with van der Waals surface area (Å²) in [6.45, 7) is 1.94. The van der Waals surface area contributed by atoms with E-state index in [1.165, 1.54) is 0 Å². The molecule has 18 heavy (non-hydrogen) atoms. The summed E-state index contributed by atoms with van der Waals surface area (Å²) in [7, 11) is 0. The van der Waals surface area contributed by atoms with Crippen molar-refractivity contribution in [2.24, 2.45) is 10.2 Å². The monoisotopic (exact) mass is 244 g/mol. The Morgan fingerprint density at radius 1 is 1.17 bits per heavy atom. The normalized spacial score (nSPS) is 10.9. The molecule has 0 atom stereocenters. The third-order valence-corrected chi connectivity index (χ3v) is 2.18. The summed E-state index contributed by atoms with van der Waals surface area (Å²) in [4.78, 5) is 7.25. The maximum absolute atomic E-state index is 9.54. The quantitative estimate of drug-likeness (QED) is 0.698. The van der Waals surface area contributed by atoms with E-state index in [1.807, 2.05) is 25.1 Å². The minimum Gasteiger partial charge on any atom is -0.492 e. The molecule has 0 saturated carbocycles. The summed E-state index contributed by atoms with van der Waals surface area (Å²) in [5.74, 6) is -0.521. The minimum atomic E-state index is -0.392. The molecule has 7 nitrogen and oxygen atoms in total. The van der Waals surface area contributed by atoms with Crippen LogP contribution < -0.4 is 11.5 Å². The van der Waals surface area contributed by atoms with Gasteiger partial charge < -0.3 is 16.6 Å². The standard InChI is InChI=1S/C11H12N6O/c1-6-3-2-4-7(5-6)16-17-8-9(12)14-11(13)15-10(8)18/h2-5H,1H3,(H5,12,13,14,15,18). The van der Waals surface area contributed by atoms with Crippen molar-refractivity contribution in [2.45, 2.75) is 6.92 Å². The Morgan fingerprint density at radius 2 is 1.94 bits per heavy atom. The van der Waals surface area contributed by atoms with Crippen molar-refractivity contribution in [3.8, 4) is 5.88 Å². The number of aryl methyl sites for hydroxylation is 1. The first kappa shape index (κ1) is 11.8. The van der Waals surface area contributed by atoms with E-state index in [1.54, 1.807) is 6.07 Å². The van der Waals surface area contributed by atoms with Crippen LogP contribution in [0.15, 0.2) is 34.5 Å². The summed E-state index contributed by atoms with van der Waals surface area (Å²) in [6, 6.07) is 7.42. The van der Waals surface area contributed by atoms with Crippen LogP contribution in [-0.2, 0) is 0 Å². The van der Waals surface area contributed by atoms with Gasteiger partial charge in [0.15, 0.2) is 11.5 Å². The zero-order chi connectivity index (χ0) is 13.1. The fraction of sp³-hybridized carbons (Fsp3) is 0.0909. The van der Waals surface area contributed by atoms with E-state index < -0.39 is 5.88 Å². The highest BCUT2D eigenvalue weighted by molar-refractivity contribution is 5.64. The first-order valence-electron chi connectivity index (χ1n) is 5.16. The Hall–Kier alpha value is -2.70. The second-order valence-corrected chi connectivity index (χ2v) is 3.68. The summed E-state index contributed by atoms with van der Waals surface area (Å²) >= 11 is 0. The Morgan fingerprint density at radius 3 is 2.61 bits per heavy atom. The number of rotatable bonds is 2. The molecule has 0 unspecified atom stereocenters. The van der Waals surface area contributed by atoms with Gasteiger partial charge in [-0.05, 0) is 24.6 Å². The molecule has 0 radical (unpaired) electrons. The number of nitrogens with zero attached hydrogens (tertiary/aromatic N) is 4. The van der Waals surface area contributed by atoms with E-state index in [2.05, 4.69) is 20.2 Å². The molecule has 92 valence electrons. The molecule has 0 amide bonds. The highest BCUT2D eigenvalue weighted by Crippen LogP contribution is 2.31. The third kappa shape index (κ3) is 2.51. The van der Waals surface area contributed by atoms with Crippen molar-refractivity contribution in [3.05, 3.63) is 29.8 Å². The lowest BCUT2D eigenvalue weighted by Crippen LogP contribution is -1.99. The topological polar surface area (TPSA) is 123 Å². The fourth-order valence-corrected chi connectivity index (χ4v) is 1.37. The van der Waals surface area contributed by atoms with Crippen molar-refractivity contribution in [1.29, 1.82) is 0 Å². The van der Waals surface area contributed by atoms with Crippen LogP contribution in [0.25, 0.3) is 0 Å². The molecule has 1 aromatic carbocycles. The highest BCUT2D eigenvalue weighted by Gasteiger charge is 2.09. The van der Waals surface area contributed by atoms with Gasteiger partial charge in [-0.3, -0.25) is 0 Å². The Balaban J connectivity index is 2.35. The smallest absolute Gasteiger partial charge is 0.246 e. The van der Waals surface area contributed by atoms with Crippen molar-refractivity contribution >= 4 is 23.1 Å². The molecule has 7 heteroatoms. The third-order valence-electron chi connectivity index (χ3n) is 2.18. The van der Waals surface area contributed by atoms with Crippen LogP contribution in [0.3, 0.4) is 0 Å². The van der Waals surface area contributed by atoms with E-state index in [9.17, 15) is 5.11 Å². The molecule has 5 N–H and O–H groups in total. The number of aromatic nitrogens is 2. The van der Waals surface area contributed by atoms with Gasteiger partial charge in [0.25, 0.3) is 0 Å². The second kappa shape index (κ2) is 4.66. The lowest BCUT2D eigenvalue weighted by atomic mass is 10.2. The molecule has 0 aliphatic carbocycles. The first-order chi connectivity index (χ1) is 8.56. The Kier molecular flexibility index (Phi) is 3.05. The second-order valence-electron chi connectivity index (χ2n) is 3.68. The van der Waals surface area contributed by atoms with Crippen molar-refractivity contribution in [2.75, 3.05) is 11.5 Å². The van der Waals surface area contributed by atoms with Crippen LogP contribution in [0.1, 0.15) is 5.56 Å². The van der Waals surface area contributed by atoms with Gasteiger partial charge in [-0.15, -0.1) is 5.11 Å². The molecule has 2 rings (SSSR count). The molecule has 0 saturated heterocycles. The number of nitrogens with two attached hydrogens (primary N) is 2. The zero-order valence-electron chi connectivity index (χ0n) is 9.70.